The van der Waals surface area contributed by atoms with E-state index in [0.29, 0.717) is 43.7 Å². The number of hydrogen-bond acceptors (Lipinski definition) is 4. The van der Waals surface area contributed by atoms with Gasteiger partial charge in [0.1, 0.15) is 11.8 Å². The van der Waals surface area contributed by atoms with Crippen LogP contribution in [0.25, 0.3) is 0 Å². The standard InChI is InChI=1S/C22H31N3O4/c1-3-19(26)24-13-9-16(10-14-24)20(22(28)25-11-4-5-12-25)23-21(27)17-7-6-8-18(15-17)29-2/h6-8,15-16,20H,3-5,9-14H2,1-2H3,(H,23,27)/t20-/m0/s1. The number of hydrogen-bond donors (Lipinski definition) is 1. The molecule has 158 valence electrons. The Morgan fingerprint density at radius 2 is 1.79 bits per heavy atom. The number of nitrogens with zero attached hydrogens (tertiary/aromatic N) is 2. The quantitative estimate of drug-likeness (QED) is 0.791. The zero-order valence-electron chi connectivity index (χ0n) is 17.4. The predicted octanol–water partition coefficient (Wildman–Crippen LogP) is 2.06. The number of likely N-dealkylation sites (tertiary alicyclic amines) is 2. The highest BCUT2D eigenvalue weighted by molar-refractivity contribution is 5.98. The van der Waals surface area contributed by atoms with E-state index in [0.717, 1.165) is 25.9 Å². The van der Waals surface area contributed by atoms with Crippen molar-refractivity contribution < 1.29 is 19.1 Å². The fourth-order valence-electron chi connectivity index (χ4n) is 4.21. The first-order valence-corrected chi connectivity index (χ1v) is 10.5. The van der Waals surface area contributed by atoms with E-state index in [1.54, 1.807) is 31.4 Å². The van der Waals surface area contributed by atoms with E-state index >= 15 is 0 Å². The summed E-state index contributed by atoms with van der Waals surface area (Å²) in [5.74, 6) is 0.504. The van der Waals surface area contributed by atoms with Gasteiger partial charge in [-0.1, -0.05) is 13.0 Å². The number of carbonyl (C=O) groups excluding carboxylic acids is 3. The van der Waals surface area contributed by atoms with Crippen LogP contribution in [-0.2, 0) is 9.59 Å². The van der Waals surface area contributed by atoms with Crippen molar-refractivity contribution in [1.29, 1.82) is 0 Å². The number of amides is 3. The maximum absolute atomic E-state index is 13.2. The van der Waals surface area contributed by atoms with Crippen molar-refractivity contribution in [2.24, 2.45) is 5.92 Å². The summed E-state index contributed by atoms with van der Waals surface area (Å²) in [6.45, 7) is 4.63. The van der Waals surface area contributed by atoms with E-state index < -0.39 is 6.04 Å². The largest absolute Gasteiger partial charge is 0.497 e. The third-order valence-electron chi connectivity index (χ3n) is 5.97. The van der Waals surface area contributed by atoms with Crippen molar-refractivity contribution in [1.82, 2.24) is 15.1 Å². The van der Waals surface area contributed by atoms with Crippen LogP contribution in [0.4, 0.5) is 0 Å². The molecule has 7 heteroatoms. The Bertz CT molecular complexity index is 737. The Morgan fingerprint density at radius 3 is 2.41 bits per heavy atom. The minimum absolute atomic E-state index is 0.000913. The summed E-state index contributed by atoms with van der Waals surface area (Å²) in [7, 11) is 1.56. The number of carbonyl (C=O) groups is 3. The van der Waals surface area contributed by atoms with Crippen LogP contribution in [0.3, 0.4) is 0 Å². The summed E-state index contributed by atoms with van der Waals surface area (Å²) in [5.41, 5.74) is 0.474. The van der Waals surface area contributed by atoms with Crippen LogP contribution >= 0.6 is 0 Å². The second-order valence-electron chi connectivity index (χ2n) is 7.79. The van der Waals surface area contributed by atoms with Crippen molar-refractivity contribution >= 4 is 17.7 Å². The Hall–Kier alpha value is -2.57. The highest BCUT2D eigenvalue weighted by Gasteiger charge is 2.36. The fourth-order valence-corrected chi connectivity index (χ4v) is 4.21. The number of rotatable bonds is 6. The van der Waals surface area contributed by atoms with Gasteiger partial charge in [0.05, 0.1) is 7.11 Å². The Labute approximate surface area is 172 Å². The number of nitrogens with one attached hydrogen (secondary N) is 1. The van der Waals surface area contributed by atoms with E-state index in [4.69, 9.17) is 4.74 Å². The minimum atomic E-state index is -0.564. The topological polar surface area (TPSA) is 79.0 Å². The van der Waals surface area contributed by atoms with Gasteiger partial charge in [-0.3, -0.25) is 14.4 Å². The fraction of sp³-hybridized carbons (Fsp3) is 0.591. The monoisotopic (exact) mass is 401 g/mol. The summed E-state index contributed by atoms with van der Waals surface area (Å²) in [6.07, 6.45) is 3.94. The molecule has 0 aromatic heterocycles. The first-order chi connectivity index (χ1) is 14.0. The lowest BCUT2D eigenvalue weighted by atomic mass is 9.88. The maximum atomic E-state index is 13.2. The normalized spacial score (nSPS) is 18.4. The van der Waals surface area contributed by atoms with Crippen LogP contribution in [0.15, 0.2) is 24.3 Å². The van der Waals surface area contributed by atoms with Crippen LogP contribution in [0.2, 0.25) is 0 Å². The van der Waals surface area contributed by atoms with Gasteiger partial charge in [0.2, 0.25) is 11.8 Å². The molecule has 0 bridgehead atoms. The highest BCUT2D eigenvalue weighted by Crippen LogP contribution is 2.24. The molecule has 3 rings (SSSR count). The van der Waals surface area contributed by atoms with E-state index in [1.165, 1.54) is 0 Å². The van der Waals surface area contributed by atoms with Gasteiger partial charge in [-0.2, -0.15) is 0 Å². The van der Waals surface area contributed by atoms with Crippen LogP contribution in [-0.4, -0.2) is 66.9 Å². The number of methoxy groups -OCH3 is 1. The van der Waals surface area contributed by atoms with Crippen molar-refractivity contribution in [3.05, 3.63) is 29.8 Å². The molecule has 0 unspecified atom stereocenters. The lowest BCUT2D eigenvalue weighted by molar-refractivity contribution is -0.135. The maximum Gasteiger partial charge on any atom is 0.252 e. The zero-order valence-corrected chi connectivity index (χ0v) is 17.4. The molecule has 0 spiro atoms. The summed E-state index contributed by atoms with van der Waals surface area (Å²) < 4.78 is 5.21. The molecule has 0 aliphatic carbocycles. The molecular weight excluding hydrogens is 370 g/mol. The zero-order chi connectivity index (χ0) is 20.8. The molecule has 2 fully saturated rings. The lowest BCUT2D eigenvalue weighted by Gasteiger charge is -2.37. The van der Waals surface area contributed by atoms with Crippen molar-refractivity contribution in [3.63, 3.8) is 0 Å². The highest BCUT2D eigenvalue weighted by atomic mass is 16.5. The molecule has 1 aromatic carbocycles. The first-order valence-electron chi connectivity index (χ1n) is 10.5. The van der Waals surface area contributed by atoms with Gasteiger partial charge in [0, 0.05) is 38.2 Å². The van der Waals surface area contributed by atoms with Gasteiger partial charge in [-0.25, -0.2) is 0 Å². The second-order valence-corrected chi connectivity index (χ2v) is 7.79. The molecule has 2 saturated heterocycles. The molecule has 1 N–H and O–H groups in total. The number of benzene rings is 1. The average molecular weight is 402 g/mol. The SMILES string of the molecule is CCC(=O)N1CCC([C@H](NC(=O)c2cccc(OC)c2)C(=O)N2CCCC2)CC1. The third kappa shape index (κ3) is 5.08. The number of piperidine rings is 1. The lowest BCUT2D eigenvalue weighted by Crippen LogP contribution is -2.54. The molecule has 2 aliphatic heterocycles. The number of ether oxygens (including phenoxy) is 1. The second kappa shape index (κ2) is 9.76. The Morgan fingerprint density at radius 1 is 1.10 bits per heavy atom. The molecule has 0 saturated carbocycles. The Kier molecular flexibility index (Phi) is 7.12. The van der Waals surface area contributed by atoms with Crippen LogP contribution < -0.4 is 10.1 Å². The smallest absolute Gasteiger partial charge is 0.252 e. The first kappa shape index (κ1) is 21.1. The minimum Gasteiger partial charge on any atom is -0.497 e. The van der Waals surface area contributed by atoms with Gasteiger partial charge < -0.3 is 19.9 Å². The van der Waals surface area contributed by atoms with Gasteiger partial charge in [-0.15, -0.1) is 0 Å². The molecule has 1 aromatic rings. The average Bonchev–Trinajstić information content (AvgIpc) is 3.31. The van der Waals surface area contributed by atoms with Crippen molar-refractivity contribution in [2.75, 3.05) is 33.3 Å². The third-order valence-corrected chi connectivity index (χ3v) is 5.97. The van der Waals surface area contributed by atoms with E-state index in [1.807, 2.05) is 16.7 Å². The van der Waals surface area contributed by atoms with Gasteiger partial charge in [0.15, 0.2) is 0 Å². The van der Waals surface area contributed by atoms with Crippen LogP contribution in [0.5, 0.6) is 5.75 Å². The predicted molar refractivity (Wildman–Crippen MR) is 110 cm³/mol. The van der Waals surface area contributed by atoms with E-state index in [2.05, 4.69) is 5.32 Å². The van der Waals surface area contributed by atoms with Crippen LogP contribution in [0.1, 0.15) is 49.4 Å². The molecule has 2 aliphatic rings. The van der Waals surface area contributed by atoms with Gasteiger partial charge >= 0.3 is 0 Å². The summed E-state index contributed by atoms with van der Waals surface area (Å²) >= 11 is 0. The van der Waals surface area contributed by atoms with E-state index in [-0.39, 0.29) is 23.6 Å². The van der Waals surface area contributed by atoms with Crippen LogP contribution in [0, 0.1) is 5.92 Å². The van der Waals surface area contributed by atoms with Crippen molar-refractivity contribution in [3.8, 4) is 5.75 Å². The summed E-state index contributed by atoms with van der Waals surface area (Å²) in [6, 6.07) is 6.38. The molecule has 7 nitrogen and oxygen atoms in total. The van der Waals surface area contributed by atoms with Crippen molar-refractivity contribution in [2.45, 2.75) is 45.1 Å². The molecule has 29 heavy (non-hydrogen) atoms. The molecule has 1 atom stereocenters. The molecule has 0 radical (unpaired) electrons. The summed E-state index contributed by atoms with van der Waals surface area (Å²) in [4.78, 5) is 41.8. The molecule has 2 heterocycles. The summed E-state index contributed by atoms with van der Waals surface area (Å²) in [5, 5.41) is 3.00. The Balaban J connectivity index is 1.73. The van der Waals surface area contributed by atoms with Gasteiger partial charge in [0.25, 0.3) is 5.91 Å². The van der Waals surface area contributed by atoms with E-state index in [9.17, 15) is 14.4 Å². The van der Waals surface area contributed by atoms with Gasteiger partial charge in [-0.05, 0) is 49.8 Å². The molecular formula is C22H31N3O4. The molecule has 3 amide bonds.